The summed E-state index contributed by atoms with van der Waals surface area (Å²) in [5.74, 6) is -1.35. The van der Waals surface area contributed by atoms with Crippen LogP contribution in [-0.2, 0) is 4.79 Å². The Balaban J connectivity index is 3.64. The topological polar surface area (TPSA) is 98.7 Å². The highest BCUT2D eigenvalue weighted by Crippen LogP contribution is 2.16. The van der Waals surface area contributed by atoms with E-state index in [0.717, 1.165) is 6.42 Å². The van der Waals surface area contributed by atoms with E-state index in [1.54, 1.807) is 0 Å². The number of carboxylic acids is 1. The third-order valence-electron chi connectivity index (χ3n) is 1.90. The summed E-state index contributed by atoms with van der Waals surface area (Å²) < 4.78 is 0. The first-order valence-corrected chi connectivity index (χ1v) is 5.15. The number of rotatable bonds is 5. The van der Waals surface area contributed by atoms with Crippen molar-refractivity contribution in [2.45, 2.75) is 33.3 Å². The molecule has 1 atom stereocenters. The van der Waals surface area contributed by atoms with Crippen molar-refractivity contribution in [3.63, 3.8) is 0 Å². The molecule has 2 amide bonds. The van der Waals surface area contributed by atoms with Crippen molar-refractivity contribution in [3.05, 3.63) is 0 Å². The Morgan fingerprint density at radius 1 is 1.25 bits per heavy atom. The smallest absolute Gasteiger partial charge is 0.334 e. The predicted molar refractivity (Wildman–Crippen MR) is 59.1 cm³/mol. The molecule has 0 fully saturated rings. The van der Waals surface area contributed by atoms with E-state index in [4.69, 9.17) is 10.2 Å². The first kappa shape index (κ1) is 14.7. The van der Waals surface area contributed by atoms with E-state index >= 15 is 0 Å². The van der Waals surface area contributed by atoms with Gasteiger partial charge >= 0.3 is 12.0 Å². The fraction of sp³-hybridized carbons (Fsp3) is 0.800. The SMILES string of the molecule is CC(C)(C)CCNC(=O)NCC(O)C(=O)O. The minimum absolute atomic E-state index is 0.133. The van der Waals surface area contributed by atoms with E-state index in [2.05, 4.69) is 31.4 Å². The molecule has 0 aliphatic carbocycles. The first-order valence-electron chi connectivity index (χ1n) is 5.15. The molecule has 16 heavy (non-hydrogen) atoms. The summed E-state index contributed by atoms with van der Waals surface area (Å²) in [4.78, 5) is 21.4. The number of carboxylic acid groups (broad SMARTS) is 1. The van der Waals surface area contributed by atoms with Gasteiger partial charge in [-0.1, -0.05) is 20.8 Å². The van der Waals surface area contributed by atoms with Gasteiger partial charge in [-0.15, -0.1) is 0 Å². The molecule has 0 radical (unpaired) electrons. The standard InChI is InChI=1S/C10H20N2O4/c1-10(2,3)4-5-11-9(16)12-6-7(13)8(14)15/h7,13H,4-6H2,1-3H3,(H,14,15)(H2,11,12,16). The number of aliphatic carboxylic acids is 1. The molecule has 0 aliphatic rings. The summed E-state index contributed by atoms with van der Waals surface area (Å²) in [5.41, 5.74) is 0.133. The normalized spacial score (nSPS) is 13.0. The highest BCUT2D eigenvalue weighted by Gasteiger charge is 2.14. The van der Waals surface area contributed by atoms with E-state index < -0.39 is 18.1 Å². The molecular weight excluding hydrogens is 212 g/mol. The zero-order valence-corrected chi connectivity index (χ0v) is 9.91. The van der Waals surface area contributed by atoms with Crippen LogP contribution in [0.4, 0.5) is 4.79 Å². The lowest BCUT2D eigenvalue weighted by molar-refractivity contribution is -0.146. The highest BCUT2D eigenvalue weighted by atomic mass is 16.4. The Bertz CT molecular complexity index is 248. The summed E-state index contributed by atoms with van der Waals surface area (Å²) in [6.45, 7) is 6.39. The van der Waals surface area contributed by atoms with Gasteiger partial charge in [0.15, 0.2) is 6.10 Å². The van der Waals surface area contributed by atoms with Crippen LogP contribution in [0.25, 0.3) is 0 Å². The number of hydrogen-bond acceptors (Lipinski definition) is 3. The summed E-state index contributed by atoms with van der Waals surface area (Å²) in [5, 5.41) is 22.1. The molecular formula is C10H20N2O4. The Labute approximate surface area is 95.0 Å². The van der Waals surface area contributed by atoms with Crippen molar-refractivity contribution < 1.29 is 19.8 Å². The van der Waals surface area contributed by atoms with Gasteiger partial charge in [-0.3, -0.25) is 0 Å². The molecule has 0 aromatic heterocycles. The van der Waals surface area contributed by atoms with Crippen LogP contribution in [0.1, 0.15) is 27.2 Å². The molecule has 0 saturated heterocycles. The summed E-state index contributed by atoms with van der Waals surface area (Å²) in [6, 6.07) is -0.468. The van der Waals surface area contributed by atoms with Crippen molar-refractivity contribution in [1.29, 1.82) is 0 Å². The van der Waals surface area contributed by atoms with Gasteiger partial charge in [-0.2, -0.15) is 0 Å². The molecule has 94 valence electrons. The van der Waals surface area contributed by atoms with Gasteiger partial charge < -0.3 is 20.8 Å². The average Bonchev–Trinajstić information content (AvgIpc) is 2.11. The molecule has 6 heteroatoms. The summed E-state index contributed by atoms with van der Waals surface area (Å²) >= 11 is 0. The van der Waals surface area contributed by atoms with Crippen molar-refractivity contribution in [3.8, 4) is 0 Å². The van der Waals surface area contributed by atoms with Crippen molar-refractivity contribution in [1.82, 2.24) is 10.6 Å². The average molecular weight is 232 g/mol. The van der Waals surface area contributed by atoms with E-state index in [1.165, 1.54) is 0 Å². The zero-order chi connectivity index (χ0) is 12.8. The Morgan fingerprint density at radius 3 is 2.25 bits per heavy atom. The van der Waals surface area contributed by atoms with Crippen molar-refractivity contribution in [2.24, 2.45) is 5.41 Å². The molecule has 0 saturated carbocycles. The number of nitrogens with one attached hydrogen (secondary N) is 2. The van der Waals surface area contributed by atoms with Crippen LogP contribution in [0, 0.1) is 5.41 Å². The zero-order valence-electron chi connectivity index (χ0n) is 9.91. The number of urea groups is 1. The minimum atomic E-state index is -1.56. The Morgan fingerprint density at radius 2 is 1.81 bits per heavy atom. The molecule has 0 aliphatic heterocycles. The predicted octanol–water partition coefficient (Wildman–Crippen LogP) is 0.167. The second-order valence-electron chi connectivity index (χ2n) is 4.80. The quantitative estimate of drug-likeness (QED) is 0.543. The van der Waals surface area contributed by atoms with Crippen LogP contribution in [0.3, 0.4) is 0 Å². The molecule has 0 aromatic carbocycles. The third-order valence-corrected chi connectivity index (χ3v) is 1.90. The number of aliphatic hydroxyl groups excluding tert-OH is 1. The van der Waals surface area contributed by atoms with Crippen molar-refractivity contribution >= 4 is 12.0 Å². The largest absolute Gasteiger partial charge is 0.479 e. The second-order valence-corrected chi connectivity index (χ2v) is 4.80. The van der Waals surface area contributed by atoms with Gasteiger partial charge in [0.2, 0.25) is 0 Å². The maximum absolute atomic E-state index is 11.1. The van der Waals surface area contributed by atoms with E-state index in [-0.39, 0.29) is 12.0 Å². The number of amides is 2. The van der Waals surface area contributed by atoms with Gasteiger partial charge in [0, 0.05) is 6.54 Å². The molecule has 0 rings (SSSR count). The lowest BCUT2D eigenvalue weighted by atomic mass is 9.92. The maximum atomic E-state index is 11.1. The van der Waals surface area contributed by atoms with E-state index in [9.17, 15) is 9.59 Å². The molecule has 4 N–H and O–H groups in total. The molecule has 0 aromatic rings. The van der Waals surface area contributed by atoms with Gasteiger partial charge in [0.1, 0.15) is 0 Å². The van der Waals surface area contributed by atoms with Gasteiger partial charge in [-0.05, 0) is 11.8 Å². The van der Waals surface area contributed by atoms with Crippen LogP contribution in [0.15, 0.2) is 0 Å². The maximum Gasteiger partial charge on any atom is 0.334 e. The van der Waals surface area contributed by atoms with Crippen LogP contribution in [-0.4, -0.2) is 41.4 Å². The molecule has 0 spiro atoms. The van der Waals surface area contributed by atoms with Crippen LogP contribution >= 0.6 is 0 Å². The van der Waals surface area contributed by atoms with E-state index in [1.807, 2.05) is 0 Å². The third kappa shape index (κ3) is 8.05. The number of hydrogen-bond donors (Lipinski definition) is 4. The fourth-order valence-electron chi connectivity index (χ4n) is 0.890. The first-order chi connectivity index (χ1) is 7.22. The van der Waals surface area contributed by atoms with Crippen LogP contribution < -0.4 is 10.6 Å². The van der Waals surface area contributed by atoms with Gasteiger partial charge in [-0.25, -0.2) is 9.59 Å². The summed E-state index contributed by atoms with van der Waals surface area (Å²) in [7, 11) is 0. The van der Waals surface area contributed by atoms with Crippen LogP contribution in [0.5, 0.6) is 0 Å². The minimum Gasteiger partial charge on any atom is -0.479 e. The number of carbonyl (C=O) groups excluding carboxylic acids is 1. The fourth-order valence-corrected chi connectivity index (χ4v) is 0.890. The molecule has 1 unspecified atom stereocenters. The number of aliphatic hydroxyl groups is 1. The molecule has 6 nitrogen and oxygen atoms in total. The van der Waals surface area contributed by atoms with E-state index in [0.29, 0.717) is 6.54 Å². The monoisotopic (exact) mass is 232 g/mol. The molecule has 0 heterocycles. The lowest BCUT2D eigenvalue weighted by Gasteiger charge is -2.18. The number of carbonyl (C=O) groups is 2. The highest BCUT2D eigenvalue weighted by molar-refractivity contribution is 5.76. The van der Waals surface area contributed by atoms with Gasteiger partial charge in [0.25, 0.3) is 0 Å². The van der Waals surface area contributed by atoms with Gasteiger partial charge in [0.05, 0.1) is 6.54 Å². The van der Waals surface area contributed by atoms with Crippen LogP contribution in [0.2, 0.25) is 0 Å². The second kappa shape index (κ2) is 6.32. The molecule has 0 bridgehead atoms. The Hall–Kier alpha value is -1.30. The Kier molecular flexibility index (Phi) is 5.81. The van der Waals surface area contributed by atoms with Crippen molar-refractivity contribution in [2.75, 3.05) is 13.1 Å². The lowest BCUT2D eigenvalue weighted by Crippen LogP contribution is -2.42. The summed E-state index contributed by atoms with van der Waals surface area (Å²) in [6.07, 6.45) is -0.740.